The van der Waals surface area contributed by atoms with Crippen LogP contribution in [0, 0.1) is 0 Å². The Balaban J connectivity index is 3.46. The van der Waals surface area contributed by atoms with Crippen LogP contribution in [0.4, 0.5) is 0 Å². The molecule has 0 aliphatic heterocycles. The molecule has 0 bridgehead atoms. The molecule has 0 spiro atoms. The van der Waals surface area contributed by atoms with Gasteiger partial charge in [-0.1, -0.05) is 90.9 Å². The lowest BCUT2D eigenvalue weighted by Gasteiger charge is -2.15. The first-order valence-electron chi connectivity index (χ1n) is 10.5. The zero-order valence-corrected chi connectivity index (χ0v) is 16.6. The minimum Gasteiger partial charge on any atom is -0.481 e. The van der Waals surface area contributed by atoms with Gasteiger partial charge in [-0.25, -0.2) is 0 Å². The Bertz CT molecular complexity index is 328. The Hall–Kier alpha value is -1.06. The number of hydrogen-bond acceptors (Lipinski definition) is 3. The van der Waals surface area contributed by atoms with Crippen molar-refractivity contribution in [2.75, 3.05) is 0 Å². The van der Waals surface area contributed by atoms with Crippen molar-refractivity contribution in [2.24, 2.45) is 0 Å². The van der Waals surface area contributed by atoms with E-state index < -0.39 is 12.1 Å². The molecule has 25 heavy (non-hydrogen) atoms. The molecule has 0 aliphatic carbocycles. The van der Waals surface area contributed by atoms with Crippen LogP contribution < -0.4 is 0 Å². The van der Waals surface area contributed by atoms with Crippen LogP contribution in [0.2, 0.25) is 0 Å². The normalized spacial score (nSPS) is 12.1. The second kappa shape index (κ2) is 17.8. The Morgan fingerprint density at radius 3 is 1.68 bits per heavy atom. The average molecular weight is 357 g/mol. The van der Waals surface area contributed by atoms with Gasteiger partial charge in [0, 0.05) is 6.42 Å². The van der Waals surface area contributed by atoms with E-state index in [4.69, 9.17) is 9.84 Å². The third-order valence-electron chi connectivity index (χ3n) is 4.55. The van der Waals surface area contributed by atoms with Gasteiger partial charge in [0.1, 0.15) is 6.10 Å². The third-order valence-corrected chi connectivity index (χ3v) is 4.55. The van der Waals surface area contributed by atoms with E-state index in [0.29, 0.717) is 12.8 Å². The second-order valence-electron chi connectivity index (χ2n) is 7.14. The standard InChI is InChI=1S/C21H40O4/c1-3-5-6-7-8-9-10-11-12-13-14-15-17-21(24)25-19(16-4-2)18-20(22)23/h19H,3-18H2,1-2H3,(H,22,23). The molecule has 0 fully saturated rings. The molecule has 0 saturated carbocycles. The van der Waals surface area contributed by atoms with Gasteiger partial charge in [-0.2, -0.15) is 0 Å². The topological polar surface area (TPSA) is 63.6 Å². The first-order chi connectivity index (χ1) is 12.1. The monoisotopic (exact) mass is 356 g/mol. The van der Waals surface area contributed by atoms with Gasteiger partial charge >= 0.3 is 11.9 Å². The van der Waals surface area contributed by atoms with Gasteiger partial charge < -0.3 is 9.84 Å². The number of unbranched alkanes of at least 4 members (excludes halogenated alkanes) is 11. The second-order valence-corrected chi connectivity index (χ2v) is 7.14. The summed E-state index contributed by atoms with van der Waals surface area (Å²) in [5, 5.41) is 8.82. The van der Waals surface area contributed by atoms with Crippen LogP contribution >= 0.6 is 0 Å². The average Bonchev–Trinajstić information content (AvgIpc) is 2.55. The van der Waals surface area contributed by atoms with Gasteiger partial charge in [-0.05, 0) is 12.8 Å². The maximum absolute atomic E-state index is 11.8. The van der Waals surface area contributed by atoms with E-state index in [1.54, 1.807) is 0 Å². The van der Waals surface area contributed by atoms with Crippen LogP contribution in [0.15, 0.2) is 0 Å². The van der Waals surface area contributed by atoms with Crippen molar-refractivity contribution >= 4 is 11.9 Å². The van der Waals surface area contributed by atoms with Crippen LogP contribution in [-0.4, -0.2) is 23.1 Å². The predicted molar refractivity (Wildman–Crippen MR) is 103 cm³/mol. The van der Waals surface area contributed by atoms with E-state index in [1.165, 1.54) is 64.2 Å². The van der Waals surface area contributed by atoms with E-state index in [-0.39, 0.29) is 12.4 Å². The highest BCUT2D eigenvalue weighted by molar-refractivity contribution is 5.71. The fraction of sp³-hybridized carbons (Fsp3) is 0.905. The number of aliphatic carboxylic acids is 1. The van der Waals surface area contributed by atoms with Crippen LogP contribution in [0.3, 0.4) is 0 Å². The summed E-state index contributed by atoms with van der Waals surface area (Å²) in [5.41, 5.74) is 0. The molecule has 148 valence electrons. The molecule has 4 heteroatoms. The summed E-state index contributed by atoms with van der Waals surface area (Å²) in [6.45, 7) is 4.22. The third kappa shape index (κ3) is 17.6. The summed E-state index contributed by atoms with van der Waals surface area (Å²) < 4.78 is 5.28. The van der Waals surface area contributed by atoms with Crippen molar-refractivity contribution in [2.45, 2.75) is 123 Å². The van der Waals surface area contributed by atoms with Gasteiger partial charge in [0.05, 0.1) is 6.42 Å². The quantitative estimate of drug-likeness (QED) is 0.232. The molecular weight excluding hydrogens is 316 g/mol. The largest absolute Gasteiger partial charge is 0.481 e. The molecule has 0 heterocycles. The lowest BCUT2D eigenvalue weighted by atomic mass is 10.0. The molecule has 1 atom stereocenters. The van der Waals surface area contributed by atoms with Crippen LogP contribution in [0.5, 0.6) is 0 Å². The molecule has 0 amide bonds. The maximum atomic E-state index is 11.8. The van der Waals surface area contributed by atoms with E-state index >= 15 is 0 Å². The molecule has 1 N–H and O–H groups in total. The molecule has 0 aromatic rings. The summed E-state index contributed by atoms with van der Waals surface area (Å²) >= 11 is 0. The number of esters is 1. The smallest absolute Gasteiger partial charge is 0.307 e. The molecule has 0 radical (unpaired) electrons. The molecule has 1 unspecified atom stereocenters. The Morgan fingerprint density at radius 2 is 1.24 bits per heavy atom. The first kappa shape index (κ1) is 23.9. The van der Waals surface area contributed by atoms with Crippen molar-refractivity contribution < 1.29 is 19.4 Å². The summed E-state index contributed by atoms with van der Waals surface area (Å²) in [6.07, 6.45) is 16.5. The molecule has 0 saturated heterocycles. The van der Waals surface area contributed by atoms with E-state index in [9.17, 15) is 9.59 Å². The highest BCUT2D eigenvalue weighted by Gasteiger charge is 2.16. The summed E-state index contributed by atoms with van der Waals surface area (Å²) in [6, 6.07) is 0. The minimum atomic E-state index is -0.906. The van der Waals surface area contributed by atoms with E-state index in [2.05, 4.69) is 6.92 Å². The van der Waals surface area contributed by atoms with Gasteiger partial charge in [-0.15, -0.1) is 0 Å². The summed E-state index contributed by atoms with van der Waals surface area (Å²) in [7, 11) is 0. The van der Waals surface area contributed by atoms with E-state index in [1.807, 2.05) is 6.92 Å². The Kier molecular flexibility index (Phi) is 17.0. The molecular formula is C21H40O4. The van der Waals surface area contributed by atoms with Crippen molar-refractivity contribution in [1.82, 2.24) is 0 Å². The van der Waals surface area contributed by atoms with Gasteiger partial charge in [0.15, 0.2) is 0 Å². The Morgan fingerprint density at radius 1 is 0.760 bits per heavy atom. The highest BCUT2D eigenvalue weighted by Crippen LogP contribution is 2.14. The zero-order chi connectivity index (χ0) is 18.8. The number of ether oxygens (including phenoxy) is 1. The maximum Gasteiger partial charge on any atom is 0.307 e. The van der Waals surface area contributed by atoms with E-state index in [0.717, 1.165) is 19.3 Å². The Labute approximate surface area is 154 Å². The van der Waals surface area contributed by atoms with Gasteiger partial charge in [-0.3, -0.25) is 9.59 Å². The van der Waals surface area contributed by atoms with Crippen LogP contribution in [0.1, 0.15) is 117 Å². The number of carboxylic acid groups (broad SMARTS) is 1. The number of rotatable bonds is 18. The van der Waals surface area contributed by atoms with Crippen LogP contribution in [0.25, 0.3) is 0 Å². The van der Waals surface area contributed by atoms with Crippen LogP contribution in [-0.2, 0) is 14.3 Å². The highest BCUT2D eigenvalue weighted by atomic mass is 16.5. The van der Waals surface area contributed by atoms with Crippen molar-refractivity contribution in [1.29, 1.82) is 0 Å². The number of carboxylic acids is 1. The van der Waals surface area contributed by atoms with Crippen molar-refractivity contribution in [3.63, 3.8) is 0 Å². The summed E-state index contributed by atoms with van der Waals surface area (Å²) in [4.78, 5) is 22.5. The number of carbonyl (C=O) groups is 2. The predicted octanol–water partition coefficient (Wildman–Crippen LogP) is 6.26. The molecule has 0 aliphatic rings. The molecule has 0 aromatic heterocycles. The lowest BCUT2D eigenvalue weighted by molar-refractivity contribution is -0.153. The minimum absolute atomic E-state index is 0.0853. The number of carbonyl (C=O) groups excluding carboxylic acids is 1. The van der Waals surface area contributed by atoms with Crippen molar-refractivity contribution in [3.8, 4) is 0 Å². The molecule has 0 aromatic carbocycles. The fourth-order valence-corrected chi connectivity index (χ4v) is 3.07. The molecule has 4 nitrogen and oxygen atoms in total. The molecule has 0 rings (SSSR count). The van der Waals surface area contributed by atoms with Crippen molar-refractivity contribution in [3.05, 3.63) is 0 Å². The zero-order valence-electron chi connectivity index (χ0n) is 16.6. The fourth-order valence-electron chi connectivity index (χ4n) is 3.07. The van der Waals surface area contributed by atoms with Gasteiger partial charge in [0.25, 0.3) is 0 Å². The van der Waals surface area contributed by atoms with Gasteiger partial charge in [0.2, 0.25) is 0 Å². The first-order valence-corrected chi connectivity index (χ1v) is 10.5. The summed E-state index contributed by atoms with van der Waals surface area (Å²) in [5.74, 6) is -1.15. The SMILES string of the molecule is CCCCCCCCCCCCCCC(=O)OC(CCC)CC(=O)O. The lowest BCUT2D eigenvalue weighted by Crippen LogP contribution is -2.21. The number of hydrogen-bond donors (Lipinski definition) is 1.